The molecule has 19 heavy (non-hydrogen) atoms. The molecule has 0 fully saturated rings. The van der Waals surface area contributed by atoms with E-state index in [-0.39, 0.29) is 23.9 Å². The van der Waals surface area contributed by atoms with Gasteiger partial charge in [0.15, 0.2) is 0 Å². The highest BCUT2D eigenvalue weighted by Gasteiger charge is 2.07. The van der Waals surface area contributed by atoms with Crippen LogP contribution in [0.5, 0.6) is 5.75 Å². The highest BCUT2D eigenvalue weighted by molar-refractivity contribution is 5.83. The summed E-state index contributed by atoms with van der Waals surface area (Å²) in [5.41, 5.74) is 1.02. The number of nitrogens with one attached hydrogen (secondary N) is 1. The Morgan fingerprint density at radius 2 is 2.05 bits per heavy atom. The molecule has 100 valence electrons. The number of carbonyl (C=O) groups excluding carboxylic acids is 1. The lowest BCUT2D eigenvalue weighted by atomic mass is 10.1. The number of carbonyl (C=O) groups is 1. The highest BCUT2D eigenvalue weighted by atomic mass is 16.5. The number of ketones is 1. The van der Waals surface area contributed by atoms with Gasteiger partial charge in [0.1, 0.15) is 11.5 Å². The van der Waals surface area contributed by atoms with Gasteiger partial charge in [-0.25, -0.2) is 0 Å². The minimum Gasteiger partial charge on any atom is -0.491 e. The van der Waals surface area contributed by atoms with E-state index in [9.17, 15) is 9.59 Å². The SMILES string of the molecule is CC(=O)Cc1cc2cc(OC(C)C)ccc2[nH]c1=O. The van der Waals surface area contributed by atoms with Crippen LogP contribution in [0.2, 0.25) is 0 Å². The molecule has 4 heteroatoms. The third-order valence-corrected chi connectivity index (χ3v) is 2.70. The number of ether oxygens (including phenoxy) is 1. The molecule has 0 radical (unpaired) electrons. The third kappa shape index (κ3) is 3.22. The maximum atomic E-state index is 11.8. The van der Waals surface area contributed by atoms with Crippen molar-refractivity contribution in [2.24, 2.45) is 0 Å². The molecular weight excluding hydrogens is 242 g/mol. The van der Waals surface area contributed by atoms with E-state index in [0.29, 0.717) is 5.56 Å². The second-order valence-electron chi connectivity index (χ2n) is 4.92. The summed E-state index contributed by atoms with van der Waals surface area (Å²) in [5.74, 6) is 0.725. The first-order chi connectivity index (χ1) is 8.95. The van der Waals surface area contributed by atoms with Crippen LogP contribution in [-0.4, -0.2) is 16.9 Å². The number of hydrogen-bond acceptors (Lipinski definition) is 3. The average Bonchev–Trinajstić information content (AvgIpc) is 2.29. The van der Waals surface area contributed by atoms with Gasteiger partial charge in [-0.2, -0.15) is 0 Å². The van der Waals surface area contributed by atoms with Crippen molar-refractivity contribution in [2.45, 2.75) is 33.3 Å². The van der Waals surface area contributed by atoms with Gasteiger partial charge in [-0.15, -0.1) is 0 Å². The van der Waals surface area contributed by atoms with Gasteiger partial charge in [0.05, 0.1) is 6.10 Å². The van der Waals surface area contributed by atoms with Crippen LogP contribution < -0.4 is 10.3 Å². The van der Waals surface area contributed by atoms with Crippen LogP contribution in [0.3, 0.4) is 0 Å². The number of aromatic amines is 1. The average molecular weight is 259 g/mol. The first-order valence-corrected chi connectivity index (χ1v) is 6.28. The number of fused-ring (bicyclic) bond motifs is 1. The number of hydrogen-bond donors (Lipinski definition) is 1. The molecule has 2 rings (SSSR count). The van der Waals surface area contributed by atoms with E-state index in [1.54, 1.807) is 6.07 Å². The molecule has 0 amide bonds. The van der Waals surface area contributed by atoms with E-state index < -0.39 is 0 Å². The van der Waals surface area contributed by atoms with Crippen molar-refractivity contribution in [3.05, 3.63) is 40.2 Å². The minimum absolute atomic E-state index is 0.0283. The fourth-order valence-electron chi connectivity index (χ4n) is 1.97. The van der Waals surface area contributed by atoms with Crippen LogP contribution in [0.15, 0.2) is 29.1 Å². The maximum Gasteiger partial charge on any atom is 0.252 e. The van der Waals surface area contributed by atoms with Crippen LogP contribution >= 0.6 is 0 Å². The van der Waals surface area contributed by atoms with Crippen molar-refractivity contribution < 1.29 is 9.53 Å². The van der Waals surface area contributed by atoms with Crippen molar-refractivity contribution in [3.8, 4) is 5.75 Å². The molecule has 0 bridgehead atoms. The Labute approximate surface area is 111 Å². The normalized spacial score (nSPS) is 10.9. The van der Waals surface area contributed by atoms with Gasteiger partial charge < -0.3 is 9.72 Å². The Kier molecular flexibility index (Phi) is 3.69. The van der Waals surface area contributed by atoms with E-state index in [2.05, 4.69) is 4.98 Å². The van der Waals surface area contributed by atoms with Gasteiger partial charge in [0.2, 0.25) is 0 Å². The monoisotopic (exact) mass is 259 g/mol. The first-order valence-electron chi connectivity index (χ1n) is 6.28. The van der Waals surface area contributed by atoms with Crippen LogP contribution in [-0.2, 0) is 11.2 Å². The Morgan fingerprint density at radius 1 is 1.32 bits per heavy atom. The summed E-state index contributed by atoms with van der Waals surface area (Å²) in [7, 11) is 0. The van der Waals surface area contributed by atoms with E-state index in [0.717, 1.165) is 16.7 Å². The summed E-state index contributed by atoms with van der Waals surface area (Å²) in [6, 6.07) is 7.26. The van der Waals surface area contributed by atoms with E-state index in [4.69, 9.17) is 4.74 Å². The molecular formula is C15H17NO3. The summed E-state index contributed by atoms with van der Waals surface area (Å²) >= 11 is 0. The van der Waals surface area contributed by atoms with Crippen LogP contribution in [0.4, 0.5) is 0 Å². The fourth-order valence-corrected chi connectivity index (χ4v) is 1.97. The number of Topliss-reactive ketones (excluding diaryl/α,β-unsaturated/α-hetero) is 1. The number of rotatable bonds is 4. The largest absolute Gasteiger partial charge is 0.491 e. The van der Waals surface area contributed by atoms with Crippen molar-refractivity contribution in [1.82, 2.24) is 4.98 Å². The number of H-pyrrole nitrogens is 1. The summed E-state index contributed by atoms with van der Waals surface area (Å²) in [5, 5.41) is 0.869. The Balaban J connectivity index is 2.48. The second kappa shape index (κ2) is 5.26. The zero-order valence-electron chi connectivity index (χ0n) is 11.3. The molecule has 0 spiro atoms. The molecule has 0 aliphatic rings. The van der Waals surface area contributed by atoms with Crippen LogP contribution in [0, 0.1) is 0 Å². The molecule has 1 aromatic heterocycles. The standard InChI is InChI=1S/C15H17NO3/c1-9(2)19-13-4-5-14-11(8-13)7-12(6-10(3)17)15(18)16-14/h4-5,7-9H,6H2,1-3H3,(H,16,18). The molecule has 0 unspecified atom stereocenters. The summed E-state index contributed by atoms with van der Waals surface area (Å²) < 4.78 is 5.61. The lowest BCUT2D eigenvalue weighted by Crippen LogP contribution is -2.15. The van der Waals surface area contributed by atoms with Gasteiger partial charge in [-0.1, -0.05) is 0 Å². The number of pyridine rings is 1. The Bertz CT molecular complexity index is 671. The van der Waals surface area contributed by atoms with Gasteiger partial charge in [0.25, 0.3) is 5.56 Å². The summed E-state index contributed by atoms with van der Waals surface area (Å²) in [4.78, 5) is 25.7. The Hall–Kier alpha value is -2.10. The van der Waals surface area contributed by atoms with E-state index in [1.165, 1.54) is 6.92 Å². The van der Waals surface area contributed by atoms with Gasteiger partial charge in [0, 0.05) is 22.9 Å². The zero-order chi connectivity index (χ0) is 14.0. The molecule has 2 aromatic rings. The number of benzene rings is 1. The van der Waals surface area contributed by atoms with E-state index in [1.807, 2.05) is 32.0 Å². The topological polar surface area (TPSA) is 59.2 Å². The molecule has 0 saturated heterocycles. The maximum absolute atomic E-state index is 11.8. The van der Waals surface area contributed by atoms with E-state index >= 15 is 0 Å². The fraction of sp³-hybridized carbons (Fsp3) is 0.333. The quantitative estimate of drug-likeness (QED) is 0.917. The van der Waals surface area contributed by atoms with Gasteiger partial charge in [-0.05, 0) is 45.0 Å². The van der Waals surface area contributed by atoms with Gasteiger partial charge >= 0.3 is 0 Å². The smallest absolute Gasteiger partial charge is 0.252 e. The molecule has 1 heterocycles. The zero-order valence-corrected chi connectivity index (χ0v) is 11.3. The summed E-state index contributed by atoms with van der Waals surface area (Å²) in [6.07, 6.45) is 0.248. The number of aromatic nitrogens is 1. The molecule has 1 aromatic carbocycles. The highest BCUT2D eigenvalue weighted by Crippen LogP contribution is 2.20. The minimum atomic E-state index is -0.208. The first kappa shape index (κ1) is 13.3. The third-order valence-electron chi connectivity index (χ3n) is 2.70. The lowest BCUT2D eigenvalue weighted by Gasteiger charge is -2.10. The van der Waals surface area contributed by atoms with Crippen molar-refractivity contribution in [2.75, 3.05) is 0 Å². The van der Waals surface area contributed by atoms with Crippen molar-refractivity contribution in [1.29, 1.82) is 0 Å². The lowest BCUT2D eigenvalue weighted by molar-refractivity contribution is -0.116. The van der Waals surface area contributed by atoms with Crippen molar-refractivity contribution >= 4 is 16.7 Å². The molecule has 4 nitrogen and oxygen atoms in total. The van der Waals surface area contributed by atoms with Crippen LogP contribution in [0.1, 0.15) is 26.3 Å². The van der Waals surface area contributed by atoms with Crippen molar-refractivity contribution in [3.63, 3.8) is 0 Å². The molecule has 1 N–H and O–H groups in total. The molecule has 0 saturated carbocycles. The predicted molar refractivity (Wildman–Crippen MR) is 74.7 cm³/mol. The Morgan fingerprint density at radius 3 is 2.68 bits per heavy atom. The molecule has 0 aliphatic carbocycles. The predicted octanol–water partition coefficient (Wildman–Crippen LogP) is 2.45. The summed E-state index contributed by atoms with van der Waals surface area (Å²) in [6.45, 7) is 5.39. The van der Waals surface area contributed by atoms with Crippen LogP contribution in [0.25, 0.3) is 10.9 Å². The molecule has 0 atom stereocenters. The second-order valence-corrected chi connectivity index (χ2v) is 4.92. The van der Waals surface area contributed by atoms with Gasteiger partial charge in [-0.3, -0.25) is 9.59 Å². The molecule has 0 aliphatic heterocycles.